The Hall–Kier alpha value is -0.0800. The van der Waals surface area contributed by atoms with Crippen LogP contribution in [0.25, 0.3) is 0 Å². The van der Waals surface area contributed by atoms with E-state index in [-0.39, 0.29) is 24.0 Å². The summed E-state index contributed by atoms with van der Waals surface area (Å²) in [5.41, 5.74) is 0. The van der Waals surface area contributed by atoms with E-state index in [2.05, 4.69) is 36.1 Å². The van der Waals surface area contributed by atoms with E-state index in [9.17, 15) is 0 Å². The molecule has 0 aromatic carbocycles. The maximum atomic E-state index is 5.48. The summed E-state index contributed by atoms with van der Waals surface area (Å²) in [6.45, 7) is 7.83. The van der Waals surface area contributed by atoms with Crippen molar-refractivity contribution in [2.45, 2.75) is 51.5 Å². The zero-order valence-corrected chi connectivity index (χ0v) is 18.1. The van der Waals surface area contributed by atoms with Crippen LogP contribution in [0.1, 0.15) is 45.4 Å². The van der Waals surface area contributed by atoms with E-state index in [1.165, 1.54) is 38.5 Å². The summed E-state index contributed by atoms with van der Waals surface area (Å²) in [4.78, 5) is 9.62. The van der Waals surface area contributed by atoms with Gasteiger partial charge in [-0.2, -0.15) is 0 Å². The molecule has 1 heterocycles. The average Bonchev–Trinajstić information content (AvgIpc) is 3.07. The molecule has 2 fully saturated rings. The predicted molar refractivity (Wildman–Crippen MR) is 112 cm³/mol. The fraction of sp³-hybridized carbons (Fsp3) is 0.944. The zero-order valence-electron chi connectivity index (χ0n) is 15.8. The van der Waals surface area contributed by atoms with Gasteiger partial charge in [0, 0.05) is 45.2 Å². The molecule has 0 aromatic rings. The Morgan fingerprint density at radius 1 is 1.17 bits per heavy atom. The lowest BCUT2D eigenvalue weighted by atomic mass is 9.94. The van der Waals surface area contributed by atoms with Crippen LogP contribution < -0.4 is 5.32 Å². The summed E-state index contributed by atoms with van der Waals surface area (Å²) in [6.07, 6.45) is 8.11. The molecule has 1 aliphatic carbocycles. The Morgan fingerprint density at radius 3 is 2.54 bits per heavy atom. The van der Waals surface area contributed by atoms with Crippen LogP contribution in [0.15, 0.2) is 4.99 Å². The number of guanidine groups is 1. The van der Waals surface area contributed by atoms with Gasteiger partial charge >= 0.3 is 0 Å². The predicted octanol–water partition coefficient (Wildman–Crippen LogP) is 2.80. The lowest BCUT2D eigenvalue weighted by Gasteiger charge is -2.31. The molecule has 1 unspecified atom stereocenters. The quantitative estimate of drug-likeness (QED) is 0.367. The third-order valence-electron chi connectivity index (χ3n) is 5.16. The lowest BCUT2D eigenvalue weighted by Crippen LogP contribution is -2.42. The smallest absolute Gasteiger partial charge is 0.193 e. The summed E-state index contributed by atoms with van der Waals surface area (Å²) in [6, 6.07) is 0.773. The number of halogens is 1. The molecule has 142 valence electrons. The number of ether oxygens (including phenoxy) is 1. The van der Waals surface area contributed by atoms with Crippen LogP contribution in [0.3, 0.4) is 0 Å². The zero-order chi connectivity index (χ0) is 16.5. The lowest BCUT2D eigenvalue weighted by molar-refractivity contribution is 0.181. The summed E-state index contributed by atoms with van der Waals surface area (Å²) < 4.78 is 5.48. The van der Waals surface area contributed by atoms with Gasteiger partial charge in [0.25, 0.3) is 0 Å². The van der Waals surface area contributed by atoms with Crippen LogP contribution in [0.4, 0.5) is 0 Å². The number of nitrogens with one attached hydrogen (secondary N) is 1. The second-order valence-corrected chi connectivity index (χ2v) is 7.12. The van der Waals surface area contributed by atoms with Crippen LogP contribution in [-0.2, 0) is 4.74 Å². The first kappa shape index (κ1) is 22.0. The van der Waals surface area contributed by atoms with Gasteiger partial charge in [-0.15, -0.1) is 24.0 Å². The third-order valence-corrected chi connectivity index (χ3v) is 5.16. The van der Waals surface area contributed by atoms with Crippen molar-refractivity contribution in [2.75, 3.05) is 53.5 Å². The summed E-state index contributed by atoms with van der Waals surface area (Å²) >= 11 is 0. The average molecular weight is 452 g/mol. The normalized spacial score (nSPS) is 22.5. The standard InChI is InChI=1S/C18H36N4O.HI/c1-4-19-18(22(3)14-16-10-13-23-15-16)20-11-12-21(2)17-8-6-5-7-9-17;/h16-17H,4-15H2,1-3H3,(H,19,20);1H. The van der Waals surface area contributed by atoms with Crippen molar-refractivity contribution in [3.05, 3.63) is 0 Å². The Labute approximate surface area is 165 Å². The second-order valence-electron chi connectivity index (χ2n) is 7.12. The van der Waals surface area contributed by atoms with E-state index in [4.69, 9.17) is 9.73 Å². The molecule has 24 heavy (non-hydrogen) atoms. The summed E-state index contributed by atoms with van der Waals surface area (Å²) in [5, 5.41) is 3.43. The van der Waals surface area contributed by atoms with Gasteiger partial charge in [-0.1, -0.05) is 19.3 Å². The van der Waals surface area contributed by atoms with Gasteiger partial charge in [0.05, 0.1) is 13.2 Å². The van der Waals surface area contributed by atoms with Gasteiger partial charge in [-0.05, 0) is 33.2 Å². The molecular formula is C18H37IN4O. The van der Waals surface area contributed by atoms with E-state index >= 15 is 0 Å². The Kier molecular flexibility index (Phi) is 11.3. The van der Waals surface area contributed by atoms with Crippen molar-refractivity contribution >= 4 is 29.9 Å². The van der Waals surface area contributed by atoms with Crippen LogP contribution in [0.2, 0.25) is 0 Å². The van der Waals surface area contributed by atoms with Crippen molar-refractivity contribution < 1.29 is 4.74 Å². The highest BCUT2D eigenvalue weighted by molar-refractivity contribution is 14.0. The number of rotatable bonds is 7. The first-order chi connectivity index (χ1) is 11.2. The van der Waals surface area contributed by atoms with Crippen LogP contribution >= 0.6 is 24.0 Å². The van der Waals surface area contributed by atoms with Gasteiger partial charge in [-0.3, -0.25) is 4.99 Å². The largest absolute Gasteiger partial charge is 0.381 e. The molecule has 0 bridgehead atoms. The maximum absolute atomic E-state index is 5.48. The van der Waals surface area contributed by atoms with Gasteiger partial charge in [0.1, 0.15) is 0 Å². The first-order valence-corrected chi connectivity index (χ1v) is 9.48. The Bertz CT molecular complexity index is 355. The fourth-order valence-electron chi connectivity index (χ4n) is 3.69. The first-order valence-electron chi connectivity index (χ1n) is 9.48. The molecule has 1 aliphatic heterocycles. The van der Waals surface area contributed by atoms with E-state index < -0.39 is 0 Å². The maximum Gasteiger partial charge on any atom is 0.193 e. The molecule has 0 aromatic heterocycles. The van der Waals surface area contributed by atoms with Crippen LogP contribution in [0.5, 0.6) is 0 Å². The molecule has 2 aliphatic rings. The number of hydrogen-bond donors (Lipinski definition) is 1. The van der Waals surface area contributed by atoms with E-state index in [1.54, 1.807) is 0 Å². The molecule has 1 atom stereocenters. The molecular weight excluding hydrogens is 415 g/mol. The van der Waals surface area contributed by atoms with Crippen molar-refractivity contribution in [1.29, 1.82) is 0 Å². The molecule has 1 saturated carbocycles. The molecule has 6 heteroatoms. The van der Waals surface area contributed by atoms with Crippen molar-refractivity contribution in [3.8, 4) is 0 Å². The van der Waals surface area contributed by atoms with Gasteiger partial charge in [0.2, 0.25) is 0 Å². The topological polar surface area (TPSA) is 40.1 Å². The number of hydrogen-bond acceptors (Lipinski definition) is 3. The van der Waals surface area contributed by atoms with Crippen LogP contribution in [0, 0.1) is 5.92 Å². The minimum absolute atomic E-state index is 0. The number of likely N-dealkylation sites (N-methyl/N-ethyl adjacent to an activating group) is 1. The highest BCUT2D eigenvalue weighted by Gasteiger charge is 2.20. The molecule has 0 spiro atoms. The van der Waals surface area contributed by atoms with E-state index in [0.29, 0.717) is 5.92 Å². The fourth-order valence-corrected chi connectivity index (χ4v) is 3.69. The molecule has 5 nitrogen and oxygen atoms in total. The summed E-state index contributed by atoms with van der Waals surface area (Å²) in [7, 11) is 4.41. The Balaban J connectivity index is 0.00000288. The molecule has 0 amide bonds. The van der Waals surface area contributed by atoms with Crippen molar-refractivity contribution in [2.24, 2.45) is 10.9 Å². The van der Waals surface area contributed by atoms with Crippen molar-refractivity contribution in [1.82, 2.24) is 15.1 Å². The molecule has 1 N–H and O–H groups in total. The molecule has 0 radical (unpaired) electrons. The van der Waals surface area contributed by atoms with E-state index in [1.807, 2.05) is 0 Å². The van der Waals surface area contributed by atoms with Crippen LogP contribution in [-0.4, -0.2) is 75.3 Å². The van der Waals surface area contributed by atoms with Crippen molar-refractivity contribution in [3.63, 3.8) is 0 Å². The minimum atomic E-state index is 0. The molecule has 1 saturated heterocycles. The molecule has 2 rings (SSSR count). The van der Waals surface area contributed by atoms with Gasteiger partial charge in [-0.25, -0.2) is 0 Å². The van der Waals surface area contributed by atoms with E-state index in [0.717, 1.165) is 51.4 Å². The van der Waals surface area contributed by atoms with Gasteiger partial charge in [0.15, 0.2) is 5.96 Å². The second kappa shape index (κ2) is 12.3. The number of nitrogens with zero attached hydrogens (tertiary/aromatic N) is 3. The SMILES string of the molecule is CCNC(=NCCN(C)C1CCCCC1)N(C)CC1CCOC1.I. The number of aliphatic imine (C=N–C) groups is 1. The van der Waals surface area contributed by atoms with Gasteiger partial charge < -0.3 is 19.9 Å². The highest BCUT2D eigenvalue weighted by Crippen LogP contribution is 2.21. The Morgan fingerprint density at radius 2 is 1.92 bits per heavy atom. The highest BCUT2D eigenvalue weighted by atomic mass is 127. The minimum Gasteiger partial charge on any atom is -0.381 e. The third kappa shape index (κ3) is 7.44. The summed E-state index contributed by atoms with van der Waals surface area (Å²) in [5.74, 6) is 1.69. The monoisotopic (exact) mass is 452 g/mol.